The molecule has 2 N–H and O–H groups in total. The van der Waals surface area contributed by atoms with Crippen LogP contribution in [-0.2, 0) is 4.79 Å². The highest BCUT2D eigenvalue weighted by molar-refractivity contribution is 5.95. The molecule has 0 saturated carbocycles. The lowest BCUT2D eigenvalue weighted by Crippen LogP contribution is -2.30. The van der Waals surface area contributed by atoms with Crippen LogP contribution < -0.4 is 5.32 Å². The maximum Gasteiger partial charge on any atom is 0.471 e. The molecule has 1 amide bonds. The Hall–Kier alpha value is -1.53. The second-order valence-electron chi connectivity index (χ2n) is 2.76. The molecule has 14 heavy (non-hydrogen) atoms. The van der Waals surface area contributed by atoms with Crippen LogP contribution in [0, 0.1) is 13.8 Å². The zero-order valence-electron chi connectivity index (χ0n) is 7.49. The lowest BCUT2D eigenvalue weighted by Gasteiger charge is -2.07. The van der Waals surface area contributed by atoms with E-state index in [2.05, 4.69) is 10.2 Å². The number of nitrogens with one attached hydrogen (secondary N) is 2. The van der Waals surface area contributed by atoms with Gasteiger partial charge in [-0.25, -0.2) is 0 Å². The summed E-state index contributed by atoms with van der Waals surface area (Å²) in [6.45, 7) is 3.02. The number of nitrogens with zero attached hydrogens (tertiary/aromatic N) is 1. The fraction of sp³-hybridized carbons (Fsp3) is 0.429. The average molecular weight is 207 g/mol. The summed E-state index contributed by atoms with van der Waals surface area (Å²) >= 11 is 0. The number of carbonyl (C=O) groups excluding carboxylic acids is 1. The molecule has 78 valence electrons. The van der Waals surface area contributed by atoms with Crippen molar-refractivity contribution in [2.24, 2.45) is 0 Å². The Morgan fingerprint density at radius 2 is 2.00 bits per heavy atom. The topological polar surface area (TPSA) is 57.8 Å². The molecule has 0 spiro atoms. The first-order valence-corrected chi connectivity index (χ1v) is 3.72. The second-order valence-corrected chi connectivity index (χ2v) is 2.76. The van der Waals surface area contributed by atoms with Crippen molar-refractivity contribution >= 4 is 11.6 Å². The fourth-order valence-electron chi connectivity index (χ4n) is 0.919. The lowest BCUT2D eigenvalue weighted by molar-refractivity contribution is -0.167. The summed E-state index contributed by atoms with van der Waals surface area (Å²) in [4.78, 5) is 10.6. The SMILES string of the molecule is Cc1n[nH]c(C)c1NC(=O)C(F)(F)F. The monoisotopic (exact) mass is 207 g/mol. The van der Waals surface area contributed by atoms with E-state index in [4.69, 9.17) is 0 Å². The third-order valence-corrected chi connectivity index (χ3v) is 1.62. The number of amides is 1. The number of aryl methyl sites for hydroxylation is 2. The fourth-order valence-corrected chi connectivity index (χ4v) is 0.919. The van der Waals surface area contributed by atoms with Gasteiger partial charge in [-0.05, 0) is 13.8 Å². The molecule has 1 heterocycles. The number of hydrogen-bond donors (Lipinski definition) is 2. The van der Waals surface area contributed by atoms with Crippen LogP contribution in [0.4, 0.5) is 18.9 Å². The average Bonchev–Trinajstić information content (AvgIpc) is 2.34. The molecule has 0 bridgehead atoms. The Morgan fingerprint density at radius 3 is 2.36 bits per heavy atom. The van der Waals surface area contributed by atoms with E-state index in [9.17, 15) is 18.0 Å². The zero-order valence-corrected chi connectivity index (χ0v) is 7.49. The standard InChI is InChI=1S/C7H8F3N3O/c1-3-5(4(2)13-12-3)11-6(14)7(8,9)10/h1-2H3,(H,11,14)(H,12,13). The highest BCUT2D eigenvalue weighted by Crippen LogP contribution is 2.21. The molecule has 0 aliphatic heterocycles. The quantitative estimate of drug-likeness (QED) is 0.733. The van der Waals surface area contributed by atoms with Gasteiger partial charge in [0.1, 0.15) is 0 Å². The first-order chi connectivity index (χ1) is 6.32. The van der Waals surface area contributed by atoms with Gasteiger partial charge in [-0.2, -0.15) is 18.3 Å². The van der Waals surface area contributed by atoms with Gasteiger partial charge in [-0.1, -0.05) is 0 Å². The van der Waals surface area contributed by atoms with Gasteiger partial charge in [0.15, 0.2) is 0 Å². The Kier molecular flexibility index (Phi) is 2.50. The van der Waals surface area contributed by atoms with Crippen LogP contribution in [-0.4, -0.2) is 22.3 Å². The smallest absolute Gasteiger partial charge is 0.315 e. The molecule has 0 aromatic carbocycles. The molecule has 1 aromatic rings. The number of carbonyl (C=O) groups is 1. The van der Waals surface area contributed by atoms with E-state index in [0.29, 0.717) is 11.4 Å². The van der Waals surface area contributed by atoms with Crippen molar-refractivity contribution in [1.82, 2.24) is 10.2 Å². The van der Waals surface area contributed by atoms with Crippen molar-refractivity contribution < 1.29 is 18.0 Å². The van der Waals surface area contributed by atoms with Crippen molar-refractivity contribution in [2.45, 2.75) is 20.0 Å². The number of hydrogen-bond acceptors (Lipinski definition) is 2. The Labute approximate surface area is 77.5 Å². The minimum absolute atomic E-state index is 0.0762. The highest BCUT2D eigenvalue weighted by atomic mass is 19.4. The van der Waals surface area contributed by atoms with Crippen LogP contribution >= 0.6 is 0 Å². The number of H-pyrrole nitrogens is 1. The van der Waals surface area contributed by atoms with Crippen LogP contribution in [0.3, 0.4) is 0 Å². The molecule has 7 heteroatoms. The highest BCUT2D eigenvalue weighted by Gasteiger charge is 2.39. The van der Waals surface area contributed by atoms with Crippen LogP contribution in [0.5, 0.6) is 0 Å². The van der Waals surface area contributed by atoms with E-state index < -0.39 is 12.1 Å². The van der Waals surface area contributed by atoms with E-state index in [0.717, 1.165) is 0 Å². The summed E-state index contributed by atoms with van der Waals surface area (Å²) in [5, 5.41) is 7.85. The molecule has 0 saturated heterocycles. The van der Waals surface area contributed by atoms with E-state index in [-0.39, 0.29) is 5.69 Å². The Morgan fingerprint density at radius 1 is 1.43 bits per heavy atom. The molecule has 0 unspecified atom stereocenters. The van der Waals surface area contributed by atoms with E-state index in [1.165, 1.54) is 13.8 Å². The van der Waals surface area contributed by atoms with Crippen molar-refractivity contribution in [3.63, 3.8) is 0 Å². The van der Waals surface area contributed by atoms with Crippen LogP contribution in [0.1, 0.15) is 11.4 Å². The maximum atomic E-state index is 11.9. The van der Waals surface area contributed by atoms with Gasteiger partial charge in [-0.15, -0.1) is 0 Å². The van der Waals surface area contributed by atoms with E-state index in [1.54, 1.807) is 5.32 Å². The summed E-state index contributed by atoms with van der Waals surface area (Å²) in [7, 11) is 0. The number of aromatic nitrogens is 2. The van der Waals surface area contributed by atoms with Gasteiger partial charge < -0.3 is 5.32 Å². The van der Waals surface area contributed by atoms with Gasteiger partial charge in [0, 0.05) is 0 Å². The first kappa shape index (κ1) is 10.6. The molecule has 0 aliphatic rings. The molecule has 1 rings (SSSR count). The number of rotatable bonds is 1. The van der Waals surface area contributed by atoms with Gasteiger partial charge in [0.2, 0.25) is 0 Å². The Balaban J connectivity index is 2.85. The predicted molar refractivity (Wildman–Crippen MR) is 42.7 cm³/mol. The predicted octanol–water partition coefficient (Wildman–Crippen LogP) is 1.53. The number of alkyl halides is 3. The summed E-state index contributed by atoms with van der Waals surface area (Å²) < 4.78 is 35.6. The van der Waals surface area contributed by atoms with Crippen molar-refractivity contribution in [1.29, 1.82) is 0 Å². The largest absolute Gasteiger partial charge is 0.471 e. The summed E-state index contributed by atoms with van der Waals surface area (Å²) in [5.41, 5.74) is 0.785. The number of halogens is 3. The molecular weight excluding hydrogens is 199 g/mol. The molecule has 0 atom stereocenters. The third-order valence-electron chi connectivity index (χ3n) is 1.62. The molecule has 0 fully saturated rings. The molecule has 0 aliphatic carbocycles. The van der Waals surface area contributed by atoms with E-state index in [1.807, 2.05) is 0 Å². The number of anilines is 1. The van der Waals surface area contributed by atoms with Gasteiger partial charge >= 0.3 is 12.1 Å². The second kappa shape index (κ2) is 3.32. The van der Waals surface area contributed by atoms with E-state index >= 15 is 0 Å². The summed E-state index contributed by atoms with van der Waals surface area (Å²) in [6, 6.07) is 0. The summed E-state index contributed by atoms with van der Waals surface area (Å²) in [5.74, 6) is -2.00. The minimum Gasteiger partial charge on any atom is -0.315 e. The first-order valence-electron chi connectivity index (χ1n) is 3.72. The van der Waals surface area contributed by atoms with Gasteiger partial charge in [0.05, 0.1) is 17.1 Å². The molecular formula is C7H8F3N3O. The van der Waals surface area contributed by atoms with Crippen molar-refractivity contribution in [2.75, 3.05) is 5.32 Å². The number of aromatic amines is 1. The van der Waals surface area contributed by atoms with Crippen LogP contribution in [0.25, 0.3) is 0 Å². The van der Waals surface area contributed by atoms with Gasteiger partial charge in [0.25, 0.3) is 0 Å². The normalized spacial score (nSPS) is 11.5. The summed E-state index contributed by atoms with van der Waals surface area (Å²) in [6.07, 6.45) is -4.88. The van der Waals surface area contributed by atoms with Gasteiger partial charge in [-0.3, -0.25) is 9.89 Å². The molecule has 0 radical (unpaired) electrons. The Bertz CT molecular complexity index is 336. The molecule has 4 nitrogen and oxygen atoms in total. The van der Waals surface area contributed by atoms with Crippen LogP contribution in [0.15, 0.2) is 0 Å². The minimum atomic E-state index is -4.88. The zero-order chi connectivity index (χ0) is 10.9. The van der Waals surface area contributed by atoms with Crippen LogP contribution in [0.2, 0.25) is 0 Å². The lowest BCUT2D eigenvalue weighted by atomic mass is 10.3. The molecule has 1 aromatic heterocycles. The third kappa shape index (κ3) is 2.04. The maximum absolute atomic E-state index is 11.9. The van der Waals surface area contributed by atoms with Crippen molar-refractivity contribution in [3.8, 4) is 0 Å². The van der Waals surface area contributed by atoms with Crippen molar-refractivity contribution in [3.05, 3.63) is 11.4 Å².